The summed E-state index contributed by atoms with van der Waals surface area (Å²) < 4.78 is 11.5. The molecule has 0 aliphatic carbocycles. The predicted octanol–water partition coefficient (Wildman–Crippen LogP) is 5.63. The van der Waals surface area contributed by atoms with Crippen molar-refractivity contribution in [1.29, 1.82) is 0 Å². The van der Waals surface area contributed by atoms with E-state index >= 15 is 0 Å². The van der Waals surface area contributed by atoms with Crippen molar-refractivity contribution in [2.24, 2.45) is 0 Å². The van der Waals surface area contributed by atoms with Crippen molar-refractivity contribution in [3.63, 3.8) is 0 Å². The van der Waals surface area contributed by atoms with Crippen LogP contribution in [0.3, 0.4) is 0 Å². The molecule has 0 aliphatic heterocycles. The fraction of sp³-hybridized carbons (Fsp3) is 0.167. The van der Waals surface area contributed by atoms with Gasteiger partial charge in [-0.05, 0) is 44.2 Å². The number of amides is 1. The summed E-state index contributed by atoms with van der Waals surface area (Å²) in [5.74, 6) is 1.51. The second-order valence-electron chi connectivity index (χ2n) is 7.31. The van der Waals surface area contributed by atoms with Crippen molar-refractivity contribution in [3.05, 3.63) is 89.4 Å². The highest BCUT2D eigenvalue weighted by molar-refractivity contribution is 6.33. The van der Waals surface area contributed by atoms with Crippen molar-refractivity contribution >= 4 is 17.5 Å². The molecule has 0 spiro atoms. The highest BCUT2D eigenvalue weighted by Gasteiger charge is 2.23. The Balaban J connectivity index is 1.48. The van der Waals surface area contributed by atoms with E-state index in [2.05, 4.69) is 15.2 Å². The smallest absolute Gasteiger partial charge is 0.256 e. The topological polar surface area (TPSA) is 81.4 Å². The van der Waals surface area contributed by atoms with E-state index in [1.807, 2.05) is 56.3 Å². The second-order valence-corrected chi connectivity index (χ2v) is 7.72. The largest absolute Gasteiger partial charge is 0.439 e. The number of halogens is 1. The Bertz CT molecular complexity index is 1190. The highest BCUT2D eigenvalue weighted by atomic mass is 35.5. The average Bonchev–Trinajstić information content (AvgIpc) is 3.27. The Morgan fingerprint density at radius 1 is 1.03 bits per heavy atom. The fourth-order valence-corrected chi connectivity index (χ4v) is 3.25. The second kappa shape index (κ2) is 9.62. The minimum atomic E-state index is -0.198. The fourth-order valence-electron chi connectivity index (χ4n) is 3.04. The van der Waals surface area contributed by atoms with E-state index in [9.17, 15) is 4.79 Å². The van der Waals surface area contributed by atoms with E-state index in [0.717, 1.165) is 0 Å². The van der Waals surface area contributed by atoms with E-state index in [1.54, 1.807) is 29.2 Å². The average molecular weight is 449 g/mol. The number of benzene rings is 2. The summed E-state index contributed by atoms with van der Waals surface area (Å²) in [5, 5.41) is 8.68. The molecule has 0 saturated heterocycles. The first-order valence-corrected chi connectivity index (χ1v) is 10.5. The predicted molar refractivity (Wildman–Crippen MR) is 121 cm³/mol. The summed E-state index contributed by atoms with van der Waals surface area (Å²) in [6.45, 7) is 4.00. The minimum Gasteiger partial charge on any atom is -0.439 e. The molecule has 4 aromatic rings. The third-order valence-electron chi connectivity index (χ3n) is 4.71. The van der Waals surface area contributed by atoms with Crippen LogP contribution in [-0.2, 0) is 6.54 Å². The highest BCUT2D eigenvalue weighted by Crippen LogP contribution is 2.27. The van der Waals surface area contributed by atoms with Crippen LogP contribution in [0.4, 0.5) is 0 Å². The normalized spacial score (nSPS) is 10.9. The number of para-hydroxylation sites is 1. The summed E-state index contributed by atoms with van der Waals surface area (Å²) in [7, 11) is 0. The van der Waals surface area contributed by atoms with Gasteiger partial charge in [-0.3, -0.25) is 4.79 Å². The summed E-state index contributed by atoms with van der Waals surface area (Å²) in [4.78, 5) is 19.0. The molecule has 0 fully saturated rings. The maximum Gasteiger partial charge on any atom is 0.256 e. The first-order valence-electron chi connectivity index (χ1n) is 10.1. The lowest BCUT2D eigenvalue weighted by Gasteiger charge is -2.25. The molecule has 0 unspecified atom stereocenters. The van der Waals surface area contributed by atoms with Crippen LogP contribution in [-0.4, -0.2) is 32.0 Å². The molecule has 0 aliphatic rings. The van der Waals surface area contributed by atoms with Gasteiger partial charge >= 0.3 is 0 Å². The van der Waals surface area contributed by atoms with Gasteiger partial charge in [0.25, 0.3) is 5.91 Å². The van der Waals surface area contributed by atoms with Gasteiger partial charge in [-0.15, -0.1) is 10.2 Å². The molecule has 1 amide bonds. The molecule has 0 N–H and O–H groups in total. The van der Waals surface area contributed by atoms with Crippen molar-refractivity contribution < 1.29 is 13.9 Å². The molecule has 2 heterocycles. The maximum atomic E-state index is 13.1. The number of pyridine rings is 1. The Morgan fingerprint density at radius 2 is 1.78 bits per heavy atom. The summed E-state index contributed by atoms with van der Waals surface area (Å²) in [6, 6.07) is 19.8. The number of aromatic nitrogens is 3. The summed E-state index contributed by atoms with van der Waals surface area (Å²) in [5.41, 5.74) is 1.08. The molecule has 4 rings (SSSR count). The minimum absolute atomic E-state index is 0.0987. The molecule has 7 nitrogen and oxygen atoms in total. The van der Waals surface area contributed by atoms with Crippen LogP contribution in [0.1, 0.15) is 30.1 Å². The summed E-state index contributed by atoms with van der Waals surface area (Å²) in [6.07, 6.45) is 1.50. The number of nitrogens with zero attached hydrogens (tertiary/aromatic N) is 4. The molecule has 0 saturated carbocycles. The molecule has 8 heteroatoms. The van der Waals surface area contributed by atoms with Gasteiger partial charge < -0.3 is 14.1 Å². The van der Waals surface area contributed by atoms with Gasteiger partial charge in [0.15, 0.2) is 0 Å². The zero-order valence-electron chi connectivity index (χ0n) is 17.6. The number of hydrogen-bond acceptors (Lipinski definition) is 6. The maximum absolute atomic E-state index is 13.1. The van der Waals surface area contributed by atoms with E-state index in [4.69, 9.17) is 20.8 Å². The quantitative estimate of drug-likeness (QED) is 0.364. The first-order chi connectivity index (χ1) is 15.5. The molecule has 32 heavy (non-hydrogen) atoms. The Labute approximate surface area is 190 Å². The van der Waals surface area contributed by atoms with Gasteiger partial charge in [0.05, 0.1) is 22.7 Å². The third kappa shape index (κ3) is 4.95. The number of carbonyl (C=O) groups is 1. The van der Waals surface area contributed by atoms with E-state index in [0.29, 0.717) is 39.6 Å². The molecule has 162 valence electrons. The van der Waals surface area contributed by atoms with Crippen LogP contribution in [0.15, 0.2) is 77.3 Å². The number of carbonyl (C=O) groups excluding carboxylic acids is 1. The van der Waals surface area contributed by atoms with Crippen LogP contribution in [0, 0.1) is 0 Å². The molecular weight excluding hydrogens is 428 g/mol. The van der Waals surface area contributed by atoms with Crippen molar-refractivity contribution in [2.75, 3.05) is 0 Å². The molecule has 2 aromatic carbocycles. The Hall–Kier alpha value is -3.71. The van der Waals surface area contributed by atoms with Gasteiger partial charge in [0, 0.05) is 18.3 Å². The van der Waals surface area contributed by atoms with Gasteiger partial charge in [-0.2, -0.15) is 0 Å². The number of rotatable bonds is 7. The van der Waals surface area contributed by atoms with Crippen molar-refractivity contribution in [2.45, 2.75) is 26.4 Å². The molecule has 2 aromatic heterocycles. The molecule has 0 atom stereocenters. The zero-order chi connectivity index (χ0) is 22.5. The van der Waals surface area contributed by atoms with Crippen LogP contribution in [0.2, 0.25) is 5.02 Å². The van der Waals surface area contributed by atoms with Crippen molar-refractivity contribution in [3.8, 4) is 23.1 Å². The van der Waals surface area contributed by atoms with Gasteiger partial charge in [-0.25, -0.2) is 4.98 Å². The van der Waals surface area contributed by atoms with Gasteiger partial charge in [0.1, 0.15) is 5.75 Å². The lowest BCUT2D eigenvalue weighted by atomic mass is 10.2. The molecule has 0 radical (unpaired) electrons. The lowest BCUT2D eigenvalue weighted by Crippen LogP contribution is -2.36. The van der Waals surface area contributed by atoms with Gasteiger partial charge in [-0.1, -0.05) is 41.9 Å². The Morgan fingerprint density at radius 3 is 2.47 bits per heavy atom. The standard InChI is InChI=1S/C24H21ClN4O3/c1-16(2)29(15-22-27-28-23(32-22)19-10-6-7-11-20(19)25)24(30)17-12-13-21(26-14-17)31-18-8-4-3-5-9-18/h3-14,16H,15H2,1-2H3. The first kappa shape index (κ1) is 21.5. The lowest BCUT2D eigenvalue weighted by molar-refractivity contribution is 0.0672. The van der Waals surface area contributed by atoms with E-state index < -0.39 is 0 Å². The third-order valence-corrected chi connectivity index (χ3v) is 5.04. The monoisotopic (exact) mass is 448 g/mol. The van der Waals surface area contributed by atoms with E-state index in [1.165, 1.54) is 6.20 Å². The van der Waals surface area contributed by atoms with E-state index in [-0.39, 0.29) is 18.5 Å². The van der Waals surface area contributed by atoms with Crippen LogP contribution in [0.25, 0.3) is 11.5 Å². The van der Waals surface area contributed by atoms with Gasteiger partial charge in [0.2, 0.25) is 17.7 Å². The van der Waals surface area contributed by atoms with Crippen LogP contribution >= 0.6 is 11.6 Å². The SMILES string of the molecule is CC(C)N(Cc1nnc(-c2ccccc2Cl)o1)C(=O)c1ccc(Oc2ccccc2)nc1. The number of hydrogen-bond donors (Lipinski definition) is 0. The Kier molecular flexibility index (Phi) is 6.47. The van der Waals surface area contributed by atoms with Crippen LogP contribution in [0.5, 0.6) is 11.6 Å². The number of ether oxygens (including phenoxy) is 1. The van der Waals surface area contributed by atoms with Crippen LogP contribution < -0.4 is 4.74 Å². The molecular formula is C24H21ClN4O3. The zero-order valence-corrected chi connectivity index (χ0v) is 18.4. The molecule has 0 bridgehead atoms. The van der Waals surface area contributed by atoms with Crippen molar-refractivity contribution in [1.82, 2.24) is 20.1 Å². The summed E-state index contributed by atoms with van der Waals surface area (Å²) >= 11 is 6.21.